The van der Waals surface area contributed by atoms with E-state index >= 15 is 0 Å². The van der Waals surface area contributed by atoms with Gasteiger partial charge in [-0.3, -0.25) is 9.97 Å². The highest BCUT2D eigenvalue weighted by molar-refractivity contribution is 5.64. The van der Waals surface area contributed by atoms with Crippen LogP contribution in [0.1, 0.15) is 11.4 Å². The molecule has 4 heteroatoms. The monoisotopic (exact) mass is 238 g/mol. The van der Waals surface area contributed by atoms with E-state index in [0.717, 1.165) is 11.4 Å². The normalized spacial score (nSPS) is 11.3. The van der Waals surface area contributed by atoms with E-state index in [1.54, 1.807) is 24.8 Å². The molecule has 0 atom stereocenters. The average molecular weight is 238 g/mol. The highest BCUT2D eigenvalue weighted by Crippen LogP contribution is 1.93. The number of hydrogen-bond acceptors (Lipinski definition) is 4. The molecule has 0 aliphatic heterocycles. The Balaban J connectivity index is 1.75. The highest BCUT2D eigenvalue weighted by Gasteiger charge is 1.88. The second-order valence-corrected chi connectivity index (χ2v) is 3.65. The van der Waals surface area contributed by atoms with Gasteiger partial charge < -0.3 is 0 Å². The predicted molar refractivity (Wildman–Crippen MR) is 72.9 cm³/mol. The number of aromatic nitrogens is 2. The van der Waals surface area contributed by atoms with Crippen molar-refractivity contribution in [3.63, 3.8) is 0 Å². The van der Waals surface area contributed by atoms with Crippen LogP contribution in [0.3, 0.4) is 0 Å². The van der Waals surface area contributed by atoms with Crippen LogP contribution in [-0.2, 0) is 12.8 Å². The van der Waals surface area contributed by atoms with Gasteiger partial charge in [0.1, 0.15) is 0 Å². The molecular weight excluding hydrogens is 224 g/mol. The molecule has 0 spiro atoms. The molecule has 0 bridgehead atoms. The van der Waals surface area contributed by atoms with Crippen LogP contribution >= 0.6 is 0 Å². The van der Waals surface area contributed by atoms with E-state index in [9.17, 15) is 0 Å². The summed E-state index contributed by atoms with van der Waals surface area (Å²) in [5.41, 5.74) is 1.97. The SMILES string of the molecule is C(/Cc1ccccn1)=N\N=C\Cc1ccccn1. The first kappa shape index (κ1) is 12.1. The lowest BCUT2D eigenvalue weighted by Crippen LogP contribution is -1.90. The van der Waals surface area contributed by atoms with Gasteiger partial charge in [-0.25, -0.2) is 0 Å². The number of nitrogens with zero attached hydrogens (tertiary/aromatic N) is 4. The van der Waals surface area contributed by atoms with Crippen LogP contribution in [0.2, 0.25) is 0 Å². The van der Waals surface area contributed by atoms with Crippen LogP contribution in [-0.4, -0.2) is 22.4 Å². The van der Waals surface area contributed by atoms with E-state index in [2.05, 4.69) is 20.2 Å². The van der Waals surface area contributed by atoms with Crippen LogP contribution in [0.4, 0.5) is 0 Å². The molecule has 0 aromatic carbocycles. The fraction of sp³-hybridized carbons (Fsp3) is 0.143. The average Bonchev–Trinajstić information content (AvgIpc) is 2.45. The third-order valence-corrected chi connectivity index (χ3v) is 2.28. The van der Waals surface area contributed by atoms with Gasteiger partial charge >= 0.3 is 0 Å². The third-order valence-electron chi connectivity index (χ3n) is 2.28. The standard InChI is InChI=1S/C14H14N4/c1-3-9-15-13(5-1)7-11-17-18-12-8-14-6-2-4-10-16-14/h1-6,9-12H,7-8H2/b17-11+,18-12+. The first-order chi connectivity index (χ1) is 8.95. The maximum absolute atomic E-state index is 4.19. The van der Waals surface area contributed by atoms with Gasteiger partial charge in [0.05, 0.1) is 0 Å². The fourth-order valence-electron chi connectivity index (χ4n) is 1.40. The Morgan fingerprint density at radius 3 is 1.67 bits per heavy atom. The van der Waals surface area contributed by atoms with Crippen molar-refractivity contribution in [2.75, 3.05) is 0 Å². The molecule has 0 N–H and O–H groups in total. The minimum atomic E-state index is 0.696. The zero-order valence-electron chi connectivity index (χ0n) is 9.98. The summed E-state index contributed by atoms with van der Waals surface area (Å²) in [6.45, 7) is 0. The lowest BCUT2D eigenvalue weighted by molar-refractivity contribution is 1.12. The number of hydrogen-bond donors (Lipinski definition) is 0. The molecule has 0 saturated heterocycles. The van der Waals surface area contributed by atoms with E-state index in [1.807, 2.05) is 36.4 Å². The maximum Gasteiger partial charge on any atom is 0.0457 e. The van der Waals surface area contributed by atoms with Gasteiger partial charge in [0.25, 0.3) is 0 Å². The Morgan fingerprint density at radius 2 is 1.28 bits per heavy atom. The van der Waals surface area contributed by atoms with Crippen molar-refractivity contribution >= 4 is 12.4 Å². The minimum Gasteiger partial charge on any atom is -0.261 e. The Labute approximate surface area is 106 Å². The molecule has 2 aromatic heterocycles. The third kappa shape index (κ3) is 4.25. The number of pyridine rings is 2. The Hall–Kier alpha value is -2.36. The van der Waals surface area contributed by atoms with Crippen LogP contribution in [0.5, 0.6) is 0 Å². The molecule has 2 aromatic rings. The summed E-state index contributed by atoms with van der Waals surface area (Å²) in [7, 11) is 0. The van der Waals surface area contributed by atoms with E-state index in [4.69, 9.17) is 0 Å². The largest absolute Gasteiger partial charge is 0.261 e. The molecule has 2 rings (SSSR count). The van der Waals surface area contributed by atoms with Crippen molar-refractivity contribution in [2.24, 2.45) is 10.2 Å². The Bertz CT molecular complexity index is 456. The minimum absolute atomic E-state index is 0.696. The quantitative estimate of drug-likeness (QED) is 0.593. The zero-order valence-corrected chi connectivity index (χ0v) is 9.98. The summed E-state index contributed by atoms with van der Waals surface area (Å²) < 4.78 is 0. The van der Waals surface area contributed by atoms with E-state index < -0.39 is 0 Å². The van der Waals surface area contributed by atoms with Crippen molar-refractivity contribution in [3.05, 3.63) is 60.2 Å². The van der Waals surface area contributed by atoms with Crippen molar-refractivity contribution in [1.82, 2.24) is 9.97 Å². The second-order valence-electron chi connectivity index (χ2n) is 3.65. The summed E-state index contributed by atoms with van der Waals surface area (Å²) in [6.07, 6.45) is 8.43. The van der Waals surface area contributed by atoms with Gasteiger partial charge in [-0.1, -0.05) is 12.1 Å². The summed E-state index contributed by atoms with van der Waals surface area (Å²) in [5, 5.41) is 7.92. The predicted octanol–water partition coefficient (Wildman–Crippen LogP) is 2.32. The Kier molecular flexibility index (Phi) is 4.75. The molecule has 90 valence electrons. The van der Waals surface area contributed by atoms with Gasteiger partial charge in [-0.2, -0.15) is 10.2 Å². The van der Waals surface area contributed by atoms with Gasteiger partial charge in [0, 0.05) is 49.1 Å². The van der Waals surface area contributed by atoms with Crippen molar-refractivity contribution in [2.45, 2.75) is 12.8 Å². The molecule has 0 unspecified atom stereocenters. The zero-order chi connectivity index (χ0) is 12.5. The molecule has 18 heavy (non-hydrogen) atoms. The lowest BCUT2D eigenvalue weighted by atomic mass is 10.3. The van der Waals surface area contributed by atoms with Crippen molar-refractivity contribution < 1.29 is 0 Å². The van der Waals surface area contributed by atoms with E-state index in [0.29, 0.717) is 12.8 Å². The van der Waals surface area contributed by atoms with E-state index in [-0.39, 0.29) is 0 Å². The first-order valence-corrected chi connectivity index (χ1v) is 5.78. The topological polar surface area (TPSA) is 50.5 Å². The summed E-state index contributed by atoms with van der Waals surface area (Å²) >= 11 is 0. The van der Waals surface area contributed by atoms with Gasteiger partial charge in [0.2, 0.25) is 0 Å². The number of rotatable bonds is 5. The summed E-state index contributed by atoms with van der Waals surface area (Å²) in [4.78, 5) is 8.38. The van der Waals surface area contributed by atoms with Gasteiger partial charge in [-0.05, 0) is 24.3 Å². The van der Waals surface area contributed by atoms with Crippen LogP contribution in [0.15, 0.2) is 59.0 Å². The molecule has 0 saturated carbocycles. The van der Waals surface area contributed by atoms with Gasteiger partial charge in [-0.15, -0.1) is 0 Å². The summed E-state index contributed by atoms with van der Waals surface area (Å²) in [6, 6.07) is 11.6. The maximum atomic E-state index is 4.19. The smallest absolute Gasteiger partial charge is 0.0457 e. The van der Waals surface area contributed by atoms with Crippen LogP contribution < -0.4 is 0 Å². The van der Waals surface area contributed by atoms with Crippen molar-refractivity contribution in [3.8, 4) is 0 Å². The molecular formula is C14H14N4. The molecule has 0 radical (unpaired) electrons. The van der Waals surface area contributed by atoms with E-state index in [1.165, 1.54) is 0 Å². The summed E-state index contributed by atoms with van der Waals surface area (Å²) in [5.74, 6) is 0. The van der Waals surface area contributed by atoms with Crippen molar-refractivity contribution in [1.29, 1.82) is 0 Å². The van der Waals surface area contributed by atoms with Gasteiger partial charge in [0.15, 0.2) is 0 Å². The fourth-order valence-corrected chi connectivity index (χ4v) is 1.40. The molecule has 0 fully saturated rings. The van der Waals surface area contributed by atoms with Crippen LogP contribution in [0, 0.1) is 0 Å². The molecule has 4 nitrogen and oxygen atoms in total. The second kappa shape index (κ2) is 7.06. The molecule has 0 aliphatic rings. The molecule has 0 aliphatic carbocycles. The lowest BCUT2D eigenvalue weighted by Gasteiger charge is -1.92. The first-order valence-electron chi connectivity index (χ1n) is 5.78. The highest BCUT2D eigenvalue weighted by atomic mass is 15.2. The Morgan fingerprint density at radius 1 is 0.778 bits per heavy atom. The molecule has 2 heterocycles. The van der Waals surface area contributed by atoms with Crippen LogP contribution in [0.25, 0.3) is 0 Å². The molecule has 0 amide bonds.